The summed E-state index contributed by atoms with van der Waals surface area (Å²) >= 11 is 0. The third-order valence-corrected chi connectivity index (χ3v) is 3.73. The van der Waals surface area contributed by atoms with Crippen LogP contribution in [0.4, 0.5) is 0 Å². The number of rotatable bonds is 5. The summed E-state index contributed by atoms with van der Waals surface area (Å²) in [5.74, 6) is -1.08. The fourth-order valence-electron chi connectivity index (χ4n) is 2.65. The number of carbonyl (C=O) groups is 2. The highest BCUT2D eigenvalue weighted by Gasteiger charge is 2.53. The smallest absolute Gasteiger partial charge is 0.276 e. The molecule has 22 heavy (non-hydrogen) atoms. The molecule has 2 amide bonds. The number of benzene rings is 1. The second-order valence-corrected chi connectivity index (χ2v) is 6.06. The van der Waals surface area contributed by atoms with Crippen molar-refractivity contribution in [2.24, 2.45) is 5.92 Å². The lowest BCUT2D eigenvalue weighted by Gasteiger charge is -2.43. The summed E-state index contributed by atoms with van der Waals surface area (Å²) in [5, 5.41) is 15.5. The Balaban J connectivity index is 2.22. The zero-order valence-corrected chi connectivity index (χ0v) is 13.1. The van der Waals surface area contributed by atoms with Crippen LogP contribution in [0.5, 0.6) is 0 Å². The van der Waals surface area contributed by atoms with E-state index in [9.17, 15) is 14.7 Å². The number of ether oxygens (including phenoxy) is 1. The van der Waals surface area contributed by atoms with Gasteiger partial charge in [0.25, 0.3) is 11.8 Å². The number of carbonyl (C=O) groups excluding carboxylic acids is 2. The first-order chi connectivity index (χ1) is 10.3. The van der Waals surface area contributed by atoms with Gasteiger partial charge in [-0.25, -0.2) is 0 Å². The molecule has 6 nitrogen and oxygen atoms in total. The molecule has 1 saturated heterocycles. The van der Waals surface area contributed by atoms with Gasteiger partial charge < -0.3 is 20.5 Å². The van der Waals surface area contributed by atoms with Gasteiger partial charge in [0, 0.05) is 20.0 Å². The molecule has 1 aliphatic heterocycles. The second-order valence-electron chi connectivity index (χ2n) is 6.06. The quantitative estimate of drug-likeness (QED) is 0.741. The van der Waals surface area contributed by atoms with Crippen molar-refractivity contribution in [2.75, 3.05) is 7.11 Å². The molecule has 6 heteroatoms. The van der Waals surface area contributed by atoms with E-state index < -0.39 is 23.3 Å². The first kappa shape index (κ1) is 16.5. The van der Waals surface area contributed by atoms with Crippen molar-refractivity contribution in [1.29, 1.82) is 0 Å². The van der Waals surface area contributed by atoms with Gasteiger partial charge in [-0.3, -0.25) is 9.59 Å². The van der Waals surface area contributed by atoms with E-state index in [2.05, 4.69) is 10.6 Å². The van der Waals surface area contributed by atoms with E-state index in [4.69, 9.17) is 4.74 Å². The highest BCUT2D eigenvalue weighted by molar-refractivity contribution is 6.00. The van der Waals surface area contributed by atoms with Crippen LogP contribution in [0.2, 0.25) is 0 Å². The Bertz CT molecular complexity index is 561. The minimum absolute atomic E-state index is 0.00706. The minimum atomic E-state index is -1.97. The molecular weight excluding hydrogens is 284 g/mol. The standard InChI is InChI=1S/C16H22N2O4/c1-11(2)9-16(22-3)14(20)17-15(21,13(19)18-16)10-12-7-5-4-6-8-12/h4-8,11,21H,9-10H2,1-3H3,(H,17,20)(H,18,19)/t15-,16+/m0/s1. The van der Waals surface area contributed by atoms with Crippen LogP contribution in [0.15, 0.2) is 30.3 Å². The topological polar surface area (TPSA) is 87.7 Å². The molecule has 2 atom stereocenters. The van der Waals surface area contributed by atoms with Crippen LogP contribution in [0.1, 0.15) is 25.8 Å². The summed E-state index contributed by atoms with van der Waals surface area (Å²) in [6, 6.07) is 9.01. The predicted octanol–water partition coefficient (Wildman–Crippen LogP) is 0.552. The Labute approximate surface area is 129 Å². The monoisotopic (exact) mass is 306 g/mol. The molecule has 0 unspecified atom stereocenters. The Hall–Kier alpha value is -1.92. The van der Waals surface area contributed by atoms with Crippen molar-refractivity contribution in [3.05, 3.63) is 35.9 Å². The number of hydrogen-bond acceptors (Lipinski definition) is 4. The summed E-state index contributed by atoms with van der Waals surface area (Å²) in [6.45, 7) is 3.84. The Morgan fingerprint density at radius 1 is 1.14 bits per heavy atom. The van der Waals surface area contributed by atoms with Crippen LogP contribution in [0.25, 0.3) is 0 Å². The van der Waals surface area contributed by atoms with Gasteiger partial charge >= 0.3 is 0 Å². The van der Waals surface area contributed by atoms with Gasteiger partial charge in [-0.05, 0) is 11.5 Å². The number of hydrogen-bond donors (Lipinski definition) is 3. The summed E-state index contributed by atoms with van der Waals surface area (Å²) in [6.07, 6.45) is 0.315. The summed E-state index contributed by atoms with van der Waals surface area (Å²) in [5.41, 5.74) is -2.67. The van der Waals surface area contributed by atoms with Gasteiger partial charge in [-0.15, -0.1) is 0 Å². The maximum absolute atomic E-state index is 12.4. The minimum Gasteiger partial charge on any atom is -0.363 e. The average molecular weight is 306 g/mol. The summed E-state index contributed by atoms with van der Waals surface area (Å²) in [7, 11) is 1.36. The van der Waals surface area contributed by atoms with Crippen molar-refractivity contribution in [3.63, 3.8) is 0 Å². The van der Waals surface area contributed by atoms with Crippen LogP contribution < -0.4 is 10.6 Å². The van der Waals surface area contributed by atoms with Gasteiger partial charge in [0.15, 0.2) is 0 Å². The molecule has 1 fully saturated rings. The normalized spacial score (nSPS) is 28.4. The zero-order chi connectivity index (χ0) is 16.4. The Morgan fingerprint density at radius 2 is 1.77 bits per heavy atom. The number of nitrogens with one attached hydrogen (secondary N) is 2. The SMILES string of the molecule is CO[C@@]1(CC(C)C)NC(=O)[C@@](O)(Cc2ccccc2)NC1=O. The maximum Gasteiger partial charge on any atom is 0.276 e. The van der Waals surface area contributed by atoms with Crippen LogP contribution in [0.3, 0.4) is 0 Å². The first-order valence-corrected chi connectivity index (χ1v) is 7.28. The molecule has 0 aromatic heterocycles. The fraction of sp³-hybridized carbons (Fsp3) is 0.500. The molecule has 0 saturated carbocycles. The maximum atomic E-state index is 12.4. The lowest BCUT2D eigenvalue weighted by molar-refractivity contribution is -0.182. The molecule has 0 bridgehead atoms. The molecule has 0 spiro atoms. The van der Waals surface area contributed by atoms with E-state index in [0.717, 1.165) is 5.56 Å². The van der Waals surface area contributed by atoms with E-state index >= 15 is 0 Å². The molecular formula is C16H22N2O4. The lowest BCUT2D eigenvalue weighted by atomic mass is 9.92. The summed E-state index contributed by atoms with van der Waals surface area (Å²) in [4.78, 5) is 24.8. The number of methoxy groups -OCH3 is 1. The van der Waals surface area contributed by atoms with Crippen molar-refractivity contribution in [3.8, 4) is 0 Å². The average Bonchev–Trinajstić information content (AvgIpc) is 2.45. The van der Waals surface area contributed by atoms with E-state index in [1.807, 2.05) is 19.9 Å². The van der Waals surface area contributed by atoms with Gasteiger partial charge in [-0.2, -0.15) is 0 Å². The van der Waals surface area contributed by atoms with Crippen molar-refractivity contribution in [1.82, 2.24) is 10.6 Å². The summed E-state index contributed by atoms with van der Waals surface area (Å²) < 4.78 is 5.26. The third-order valence-electron chi connectivity index (χ3n) is 3.73. The van der Waals surface area contributed by atoms with Crippen molar-refractivity contribution < 1.29 is 19.4 Å². The van der Waals surface area contributed by atoms with Crippen LogP contribution >= 0.6 is 0 Å². The van der Waals surface area contributed by atoms with E-state index in [0.29, 0.717) is 6.42 Å². The Morgan fingerprint density at radius 3 is 2.32 bits per heavy atom. The van der Waals surface area contributed by atoms with Gasteiger partial charge in [0.05, 0.1) is 0 Å². The van der Waals surface area contributed by atoms with Crippen molar-refractivity contribution in [2.45, 2.75) is 38.1 Å². The zero-order valence-electron chi connectivity index (χ0n) is 13.1. The second kappa shape index (κ2) is 6.06. The largest absolute Gasteiger partial charge is 0.363 e. The van der Waals surface area contributed by atoms with Crippen molar-refractivity contribution >= 4 is 11.8 Å². The van der Waals surface area contributed by atoms with E-state index in [1.165, 1.54) is 7.11 Å². The molecule has 2 rings (SSSR count). The molecule has 0 radical (unpaired) electrons. The lowest BCUT2D eigenvalue weighted by Crippen LogP contribution is -2.76. The molecule has 3 N–H and O–H groups in total. The van der Waals surface area contributed by atoms with E-state index in [1.54, 1.807) is 24.3 Å². The first-order valence-electron chi connectivity index (χ1n) is 7.28. The number of piperazine rings is 1. The molecule has 1 aromatic rings. The Kier molecular flexibility index (Phi) is 4.53. The number of aliphatic hydroxyl groups is 1. The van der Waals surface area contributed by atoms with Crippen LogP contribution in [0, 0.1) is 5.92 Å². The third kappa shape index (κ3) is 3.13. The highest BCUT2D eigenvalue weighted by Crippen LogP contribution is 2.25. The molecule has 1 heterocycles. The fourth-order valence-corrected chi connectivity index (χ4v) is 2.65. The van der Waals surface area contributed by atoms with Gasteiger partial charge in [-0.1, -0.05) is 44.2 Å². The molecule has 0 aliphatic carbocycles. The van der Waals surface area contributed by atoms with Gasteiger partial charge in [0.2, 0.25) is 11.4 Å². The molecule has 120 valence electrons. The highest BCUT2D eigenvalue weighted by atomic mass is 16.5. The van der Waals surface area contributed by atoms with E-state index in [-0.39, 0.29) is 12.3 Å². The van der Waals surface area contributed by atoms with Gasteiger partial charge in [0.1, 0.15) is 0 Å². The number of amides is 2. The van der Waals surface area contributed by atoms with Crippen LogP contribution in [-0.4, -0.2) is 35.5 Å². The molecule has 1 aromatic carbocycles. The predicted molar refractivity (Wildman–Crippen MR) is 80.6 cm³/mol. The van der Waals surface area contributed by atoms with Crippen LogP contribution in [-0.2, 0) is 20.7 Å². The molecule has 1 aliphatic rings.